The summed E-state index contributed by atoms with van der Waals surface area (Å²) in [6, 6.07) is 18.3. The fourth-order valence-electron chi connectivity index (χ4n) is 2.69. The summed E-state index contributed by atoms with van der Waals surface area (Å²) >= 11 is 0. The molecule has 0 radical (unpaired) electrons. The lowest BCUT2D eigenvalue weighted by Crippen LogP contribution is -2.24. The summed E-state index contributed by atoms with van der Waals surface area (Å²) in [6.45, 7) is 1.89. The number of amides is 4. The van der Waals surface area contributed by atoms with Crippen molar-refractivity contribution >= 4 is 39.0 Å². The molecule has 0 aliphatic heterocycles. The smallest absolute Gasteiger partial charge is 0.323 e. The van der Waals surface area contributed by atoms with Crippen LogP contribution in [0.25, 0.3) is 0 Å². The second-order valence-corrected chi connectivity index (χ2v) is 8.65. The second kappa shape index (κ2) is 9.31. The third-order valence-corrected chi connectivity index (χ3v) is 6.17. The van der Waals surface area contributed by atoms with Gasteiger partial charge in [-0.1, -0.05) is 17.7 Å². The summed E-state index contributed by atoms with van der Waals surface area (Å²) in [6.07, 6.45) is 0. The number of rotatable bonds is 5. The van der Waals surface area contributed by atoms with E-state index in [0.717, 1.165) is 5.56 Å². The van der Waals surface area contributed by atoms with Gasteiger partial charge >= 0.3 is 12.1 Å². The molecular weight excluding hydrogens is 416 g/mol. The van der Waals surface area contributed by atoms with Gasteiger partial charge in [-0.15, -0.1) is 0 Å². The lowest BCUT2D eigenvalue weighted by atomic mass is 10.2. The molecule has 160 valence electrons. The molecule has 0 heterocycles. The van der Waals surface area contributed by atoms with E-state index in [2.05, 4.69) is 21.3 Å². The minimum atomic E-state index is -3.63. The lowest BCUT2D eigenvalue weighted by molar-refractivity contribution is 0.254. The fourth-order valence-corrected chi connectivity index (χ4v) is 3.96. The first-order chi connectivity index (χ1) is 14.8. The summed E-state index contributed by atoms with van der Waals surface area (Å²) in [5.41, 5.74) is 2.52. The Labute approximate surface area is 180 Å². The predicted octanol–water partition coefficient (Wildman–Crippen LogP) is 4.22. The molecule has 0 spiro atoms. The van der Waals surface area contributed by atoms with Gasteiger partial charge in [0.1, 0.15) is 0 Å². The number of carbonyl (C=O) groups is 2. The van der Waals surface area contributed by atoms with Crippen LogP contribution in [0.1, 0.15) is 5.56 Å². The van der Waals surface area contributed by atoms with Gasteiger partial charge in [-0.2, -0.15) is 0 Å². The Morgan fingerprint density at radius 1 is 0.613 bits per heavy atom. The van der Waals surface area contributed by atoms with Crippen molar-refractivity contribution in [2.24, 2.45) is 0 Å². The molecule has 0 unspecified atom stereocenters. The second-order valence-electron chi connectivity index (χ2n) is 6.70. The number of sulfone groups is 1. The molecule has 0 atom stereocenters. The van der Waals surface area contributed by atoms with Gasteiger partial charge in [0.15, 0.2) is 0 Å². The van der Waals surface area contributed by atoms with Gasteiger partial charge in [-0.05, 0) is 67.6 Å². The highest BCUT2D eigenvalue weighted by Gasteiger charge is 2.17. The highest BCUT2D eigenvalue weighted by molar-refractivity contribution is 7.91. The average Bonchev–Trinajstić information content (AvgIpc) is 2.75. The van der Waals surface area contributed by atoms with Crippen LogP contribution in [-0.2, 0) is 9.84 Å². The number of benzene rings is 3. The van der Waals surface area contributed by atoms with Crippen LogP contribution in [-0.4, -0.2) is 27.5 Å². The molecule has 3 rings (SSSR count). The van der Waals surface area contributed by atoms with Crippen LogP contribution >= 0.6 is 0 Å². The van der Waals surface area contributed by atoms with Crippen molar-refractivity contribution < 1.29 is 18.0 Å². The zero-order valence-corrected chi connectivity index (χ0v) is 17.8. The summed E-state index contributed by atoms with van der Waals surface area (Å²) in [4.78, 5) is 23.8. The number of aryl methyl sites for hydroxylation is 1. The number of nitrogens with one attached hydrogen (secondary N) is 4. The maximum Gasteiger partial charge on any atom is 0.323 e. The van der Waals surface area contributed by atoms with Gasteiger partial charge in [0.05, 0.1) is 9.79 Å². The van der Waals surface area contributed by atoms with Crippen LogP contribution in [0.15, 0.2) is 82.6 Å². The minimum absolute atomic E-state index is 0.140. The molecule has 0 saturated heterocycles. The summed E-state index contributed by atoms with van der Waals surface area (Å²) in [7, 11) is -2.11. The highest BCUT2D eigenvalue weighted by Crippen LogP contribution is 2.23. The molecular formula is C22H22N4O4S. The third kappa shape index (κ3) is 5.61. The zero-order chi connectivity index (χ0) is 22.4. The van der Waals surface area contributed by atoms with Crippen molar-refractivity contribution in [2.75, 3.05) is 23.0 Å². The molecule has 0 saturated carbocycles. The van der Waals surface area contributed by atoms with Crippen LogP contribution in [0.5, 0.6) is 0 Å². The molecule has 0 aliphatic rings. The molecule has 3 aromatic rings. The number of hydrogen-bond acceptors (Lipinski definition) is 4. The molecule has 0 aromatic heterocycles. The van der Waals surface area contributed by atoms with Crippen LogP contribution in [0.2, 0.25) is 0 Å². The Kier molecular flexibility index (Phi) is 6.56. The van der Waals surface area contributed by atoms with Gasteiger partial charge in [-0.3, -0.25) is 0 Å². The first kappa shape index (κ1) is 21.8. The first-order valence-corrected chi connectivity index (χ1v) is 10.8. The van der Waals surface area contributed by atoms with E-state index < -0.39 is 15.9 Å². The van der Waals surface area contributed by atoms with E-state index in [1.54, 1.807) is 48.5 Å². The third-order valence-electron chi connectivity index (χ3n) is 4.38. The molecule has 0 aliphatic carbocycles. The maximum atomic E-state index is 12.7. The van der Waals surface area contributed by atoms with Gasteiger partial charge in [0.25, 0.3) is 0 Å². The van der Waals surface area contributed by atoms with E-state index in [4.69, 9.17) is 0 Å². The van der Waals surface area contributed by atoms with Gasteiger partial charge in [0.2, 0.25) is 9.84 Å². The Morgan fingerprint density at radius 3 is 1.39 bits per heavy atom. The SMILES string of the molecule is CNC(=O)Nc1ccc(NC(=O)Nc2ccc(S(=O)(=O)c3ccc(C)cc3)cc2)cc1. The molecule has 0 fully saturated rings. The van der Waals surface area contributed by atoms with Crippen molar-refractivity contribution in [3.8, 4) is 0 Å². The topological polar surface area (TPSA) is 116 Å². The van der Waals surface area contributed by atoms with E-state index in [9.17, 15) is 18.0 Å². The Balaban J connectivity index is 1.62. The fraction of sp³-hybridized carbons (Fsp3) is 0.0909. The standard InChI is InChI=1S/C22H22N4O4S/c1-15-3-11-19(12-4-15)31(29,30)20-13-9-18(10-14-20)26-22(28)25-17-7-5-16(6-8-17)24-21(27)23-2/h3-14H,1-2H3,(H2,23,24,27)(H2,25,26,28). The van der Waals surface area contributed by atoms with E-state index >= 15 is 0 Å². The van der Waals surface area contributed by atoms with E-state index in [1.165, 1.54) is 31.3 Å². The molecule has 3 aromatic carbocycles. The summed E-state index contributed by atoms with van der Waals surface area (Å²) in [5.74, 6) is 0. The van der Waals surface area contributed by atoms with E-state index in [-0.39, 0.29) is 15.8 Å². The molecule has 4 N–H and O–H groups in total. The molecule has 9 heteroatoms. The molecule has 31 heavy (non-hydrogen) atoms. The number of urea groups is 2. The van der Waals surface area contributed by atoms with Crippen molar-refractivity contribution in [2.45, 2.75) is 16.7 Å². The monoisotopic (exact) mass is 438 g/mol. The Bertz CT molecular complexity index is 1170. The normalized spacial score (nSPS) is 10.8. The first-order valence-electron chi connectivity index (χ1n) is 9.36. The Morgan fingerprint density at radius 2 is 0.968 bits per heavy atom. The molecule has 0 bridgehead atoms. The lowest BCUT2D eigenvalue weighted by Gasteiger charge is -2.10. The highest BCUT2D eigenvalue weighted by atomic mass is 32.2. The van der Waals surface area contributed by atoms with Gasteiger partial charge in [-0.25, -0.2) is 18.0 Å². The minimum Gasteiger partial charge on any atom is -0.341 e. The zero-order valence-electron chi connectivity index (χ0n) is 17.0. The van der Waals surface area contributed by atoms with Crippen LogP contribution in [0.4, 0.5) is 26.7 Å². The van der Waals surface area contributed by atoms with E-state index in [1.807, 2.05) is 6.92 Å². The summed E-state index contributed by atoms with van der Waals surface area (Å²) < 4.78 is 25.4. The largest absolute Gasteiger partial charge is 0.341 e. The van der Waals surface area contributed by atoms with E-state index in [0.29, 0.717) is 17.1 Å². The predicted molar refractivity (Wildman–Crippen MR) is 120 cm³/mol. The quantitative estimate of drug-likeness (QED) is 0.477. The van der Waals surface area contributed by atoms with Crippen molar-refractivity contribution in [3.05, 3.63) is 78.4 Å². The number of hydrogen-bond donors (Lipinski definition) is 4. The van der Waals surface area contributed by atoms with Crippen LogP contribution in [0, 0.1) is 6.92 Å². The van der Waals surface area contributed by atoms with Crippen LogP contribution < -0.4 is 21.3 Å². The molecule has 8 nitrogen and oxygen atoms in total. The van der Waals surface area contributed by atoms with Crippen molar-refractivity contribution in [1.82, 2.24) is 5.32 Å². The van der Waals surface area contributed by atoms with Crippen LogP contribution in [0.3, 0.4) is 0 Å². The average molecular weight is 439 g/mol. The van der Waals surface area contributed by atoms with Gasteiger partial charge < -0.3 is 21.3 Å². The molecule has 4 amide bonds. The van der Waals surface area contributed by atoms with Gasteiger partial charge in [0, 0.05) is 24.1 Å². The van der Waals surface area contributed by atoms with Crippen molar-refractivity contribution in [3.63, 3.8) is 0 Å². The van der Waals surface area contributed by atoms with Crippen molar-refractivity contribution in [1.29, 1.82) is 0 Å². The maximum absolute atomic E-state index is 12.7. The number of carbonyl (C=O) groups excluding carboxylic acids is 2. The summed E-state index contributed by atoms with van der Waals surface area (Å²) in [5, 5.41) is 10.4. The number of anilines is 3. The Hall–Kier alpha value is -3.85.